The van der Waals surface area contributed by atoms with Crippen molar-refractivity contribution >= 4 is 96.9 Å². The Labute approximate surface area is 211 Å². The number of halogens is 2. The molecule has 4 unspecified atom stereocenters. The van der Waals surface area contributed by atoms with Gasteiger partial charge < -0.3 is 4.74 Å². The summed E-state index contributed by atoms with van der Waals surface area (Å²) < 4.78 is 6.02. The van der Waals surface area contributed by atoms with Gasteiger partial charge in [0.2, 0.25) is 0 Å². The van der Waals surface area contributed by atoms with Crippen LogP contribution in [0, 0.1) is 17.8 Å². The van der Waals surface area contributed by atoms with Crippen LogP contribution in [0.1, 0.15) is 37.7 Å². The molecule has 5 aliphatic rings. The molecule has 1 aliphatic heterocycles. The predicted octanol–water partition coefficient (Wildman–Crippen LogP) is 2.86. The molecule has 134 valence electrons. The molecule has 4 saturated carbocycles. The van der Waals surface area contributed by atoms with Crippen LogP contribution in [0.25, 0.3) is 0 Å². The fourth-order valence-corrected chi connectivity index (χ4v) is 7.08. The van der Waals surface area contributed by atoms with Crippen LogP contribution < -0.4 is 5.30 Å². The average Bonchev–Trinajstić information content (AvgIpc) is 2.49. The van der Waals surface area contributed by atoms with E-state index in [1.807, 2.05) is 18.2 Å². The third kappa shape index (κ3) is 2.92. The van der Waals surface area contributed by atoms with Crippen LogP contribution in [0.4, 0.5) is 0 Å². The number of hydrogen-bond donors (Lipinski definition) is 0. The second kappa shape index (κ2) is 7.66. The molecule has 5 fully saturated rings. The van der Waals surface area contributed by atoms with Crippen molar-refractivity contribution in [3.8, 4) is 0 Å². The Balaban J connectivity index is 0.000000980. The summed E-state index contributed by atoms with van der Waals surface area (Å²) in [7, 11) is 4.39. The van der Waals surface area contributed by atoms with Crippen molar-refractivity contribution in [2.75, 3.05) is 7.11 Å². The summed E-state index contributed by atoms with van der Waals surface area (Å²) in [5.41, 5.74) is 0.545. The van der Waals surface area contributed by atoms with Crippen LogP contribution in [-0.2, 0) is 20.3 Å². The summed E-state index contributed by atoms with van der Waals surface area (Å²) in [6.45, 7) is 0. The Morgan fingerprint density at radius 3 is 2.23 bits per heavy atom. The molecule has 3 nitrogen and oxygen atoms in total. The molecular formula is C18H23Cl2Na2O3P. The first-order valence-electron chi connectivity index (χ1n) is 8.59. The van der Waals surface area contributed by atoms with Crippen molar-refractivity contribution in [2.24, 2.45) is 17.8 Å². The summed E-state index contributed by atoms with van der Waals surface area (Å²) in [5.74, 6) is 0.600. The van der Waals surface area contributed by atoms with Crippen LogP contribution in [0.3, 0.4) is 0 Å². The summed E-state index contributed by atoms with van der Waals surface area (Å²) in [6, 6.07) is 5.92. The van der Waals surface area contributed by atoms with Gasteiger partial charge >= 0.3 is 59.1 Å². The molecule has 1 spiro atoms. The zero-order chi connectivity index (χ0) is 16.7. The van der Waals surface area contributed by atoms with Crippen LogP contribution >= 0.6 is 32.4 Å². The molecule has 1 aromatic carbocycles. The van der Waals surface area contributed by atoms with Gasteiger partial charge in [-0.05, 0) is 67.3 Å². The fourth-order valence-electron chi connectivity index (χ4n) is 6.09. The second-order valence-corrected chi connectivity index (χ2v) is 9.84. The van der Waals surface area contributed by atoms with Crippen LogP contribution in [0.2, 0.25) is 5.02 Å². The molecule has 6 rings (SSSR count). The first-order valence-corrected chi connectivity index (χ1v) is 9.92. The van der Waals surface area contributed by atoms with E-state index in [2.05, 4.69) is 9.24 Å². The number of methoxy groups -OCH3 is 1. The van der Waals surface area contributed by atoms with Gasteiger partial charge in [0.1, 0.15) is 0 Å². The van der Waals surface area contributed by atoms with Crippen molar-refractivity contribution in [1.29, 1.82) is 0 Å². The summed E-state index contributed by atoms with van der Waals surface area (Å²) in [4.78, 5) is 11.6. The van der Waals surface area contributed by atoms with Gasteiger partial charge in [-0.3, -0.25) is 0 Å². The Bertz CT molecular complexity index is 702. The molecule has 4 atom stereocenters. The topological polar surface area (TPSA) is 27.7 Å². The fraction of sp³-hybridized carbons (Fsp3) is 0.667. The van der Waals surface area contributed by atoms with E-state index in [9.17, 15) is 0 Å². The summed E-state index contributed by atoms with van der Waals surface area (Å²) in [5, 5.41) is 1.66. The third-order valence-electron chi connectivity index (χ3n) is 6.80. The van der Waals surface area contributed by atoms with Crippen LogP contribution in [0.5, 0.6) is 0 Å². The number of benzene rings is 1. The molecule has 0 N–H and O–H groups in total. The van der Waals surface area contributed by atoms with Crippen molar-refractivity contribution in [1.82, 2.24) is 0 Å². The molecule has 8 heteroatoms. The molecule has 0 amide bonds. The van der Waals surface area contributed by atoms with Gasteiger partial charge in [0.05, 0.1) is 0 Å². The van der Waals surface area contributed by atoms with Crippen molar-refractivity contribution in [3.63, 3.8) is 0 Å². The van der Waals surface area contributed by atoms with E-state index in [-0.39, 0.29) is 64.0 Å². The first-order chi connectivity index (χ1) is 11.4. The maximum absolute atomic E-state index is 6.91. The molecule has 1 aromatic rings. The molecule has 4 aliphatic carbocycles. The third-order valence-corrected chi connectivity index (χ3v) is 8.27. The van der Waals surface area contributed by atoms with E-state index in [4.69, 9.17) is 37.7 Å². The molecule has 4 bridgehead atoms. The number of rotatable bonds is 2. The molecule has 0 aromatic heterocycles. The number of hydrogen-bond acceptors (Lipinski definition) is 3. The SMILES string of the molecule is COC1(c2ccc(Cl)c(P)c2)OOC12C1CC3CC2CC(Cl)(C3)C1.[NaH].[NaH]. The summed E-state index contributed by atoms with van der Waals surface area (Å²) >= 11 is 13.1. The Hall–Kier alpha value is 2.11. The van der Waals surface area contributed by atoms with Crippen molar-refractivity contribution in [2.45, 2.75) is 48.4 Å². The molecule has 1 saturated heterocycles. The zero-order valence-corrected chi connectivity index (χ0v) is 16.2. The molecule has 0 radical (unpaired) electrons. The van der Waals surface area contributed by atoms with Gasteiger partial charge in [-0.15, -0.1) is 20.8 Å². The van der Waals surface area contributed by atoms with Gasteiger partial charge in [-0.25, -0.2) is 4.89 Å². The average molecular weight is 435 g/mol. The van der Waals surface area contributed by atoms with E-state index >= 15 is 0 Å². The minimum atomic E-state index is -0.862. The summed E-state index contributed by atoms with van der Waals surface area (Å²) in [6.07, 6.45) is 5.42. The normalized spacial score (nSPS) is 45.0. The number of ether oxygens (including phenoxy) is 1. The van der Waals surface area contributed by atoms with E-state index in [1.54, 1.807) is 7.11 Å². The molecular weight excluding hydrogens is 412 g/mol. The Morgan fingerprint density at radius 1 is 1.12 bits per heavy atom. The van der Waals surface area contributed by atoms with E-state index < -0.39 is 11.4 Å². The van der Waals surface area contributed by atoms with Gasteiger partial charge in [-0.1, -0.05) is 17.7 Å². The van der Waals surface area contributed by atoms with Crippen LogP contribution in [0.15, 0.2) is 18.2 Å². The molecule has 1 heterocycles. The maximum atomic E-state index is 6.91. The van der Waals surface area contributed by atoms with Crippen LogP contribution in [-0.4, -0.2) is 76.7 Å². The first kappa shape index (κ1) is 22.8. The van der Waals surface area contributed by atoms with E-state index in [0.717, 1.165) is 43.0 Å². The second-order valence-electron chi connectivity index (χ2n) is 8.01. The Kier molecular flexibility index (Phi) is 6.72. The molecule has 26 heavy (non-hydrogen) atoms. The van der Waals surface area contributed by atoms with Gasteiger partial charge in [0, 0.05) is 22.6 Å². The monoisotopic (exact) mass is 434 g/mol. The predicted molar refractivity (Wildman–Crippen MR) is 111 cm³/mol. The van der Waals surface area contributed by atoms with E-state index in [1.165, 1.54) is 0 Å². The minimum absolute atomic E-state index is 0. The van der Waals surface area contributed by atoms with E-state index in [0.29, 0.717) is 22.8 Å². The standard InChI is InChI=1S/C18H21Cl2O3P.2Na.2H/c1-21-18(11-2-3-14(19)15(24)6-11)17(22-23-18)12-4-10-5-13(17)9-16(20,7-10)8-12;;;;/h2-3,6,10,12-13H,4-5,7-9,24H2,1H3;;;;. The van der Waals surface area contributed by atoms with Crippen molar-refractivity contribution < 1.29 is 14.5 Å². The quantitative estimate of drug-likeness (QED) is 0.310. The Morgan fingerprint density at radius 2 is 1.77 bits per heavy atom. The van der Waals surface area contributed by atoms with Gasteiger partial charge in [0.25, 0.3) is 5.79 Å². The van der Waals surface area contributed by atoms with Crippen molar-refractivity contribution in [3.05, 3.63) is 28.8 Å². The number of alkyl halides is 1. The zero-order valence-electron chi connectivity index (χ0n) is 13.6. The van der Waals surface area contributed by atoms with Gasteiger partial charge in [-0.2, -0.15) is 4.89 Å². The van der Waals surface area contributed by atoms with Gasteiger partial charge in [0.15, 0.2) is 5.60 Å².